The van der Waals surface area contributed by atoms with E-state index in [4.69, 9.17) is 32.2 Å². The number of carbonyl (C=O) groups is 1. The molecule has 0 amide bonds. The molecular weight excluding hydrogens is 340 g/mol. The van der Waals surface area contributed by atoms with Crippen molar-refractivity contribution in [3.8, 4) is 29.9 Å². The van der Waals surface area contributed by atoms with Crippen LogP contribution in [-0.2, 0) is 14.3 Å². The molecule has 134 valence electrons. The van der Waals surface area contributed by atoms with Crippen LogP contribution in [0.15, 0.2) is 18.2 Å². The van der Waals surface area contributed by atoms with Gasteiger partial charge in [0.2, 0.25) is 0 Å². The van der Waals surface area contributed by atoms with Gasteiger partial charge in [0.25, 0.3) is 0 Å². The number of ether oxygens (including phenoxy) is 3. The maximum atomic E-state index is 12.4. The number of hydrogen-bond acceptors (Lipinski definition) is 4. The highest BCUT2D eigenvalue weighted by Crippen LogP contribution is 2.32. The van der Waals surface area contributed by atoms with Gasteiger partial charge in [-0.25, -0.2) is 0 Å². The Morgan fingerprint density at radius 2 is 1.96 bits per heavy atom. The second-order valence-electron chi connectivity index (χ2n) is 5.50. The van der Waals surface area contributed by atoms with Crippen LogP contribution in [0.4, 0.5) is 0 Å². The number of benzene rings is 1. The van der Waals surface area contributed by atoms with Gasteiger partial charge in [-0.2, -0.15) is 0 Å². The van der Waals surface area contributed by atoms with E-state index in [0.29, 0.717) is 17.4 Å². The first-order valence-electron chi connectivity index (χ1n) is 8.07. The van der Waals surface area contributed by atoms with Gasteiger partial charge in [-0.1, -0.05) is 49.3 Å². The molecule has 0 N–H and O–H groups in total. The highest BCUT2D eigenvalue weighted by atomic mass is 35.5. The third-order valence-electron chi connectivity index (χ3n) is 3.31. The van der Waals surface area contributed by atoms with E-state index in [-0.39, 0.29) is 31.7 Å². The molecule has 1 unspecified atom stereocenters. The topological polar surface area (TPSA) is 44.8 Å². The van der Waals surface area contributed by atoms with Gasteiger partial charge in [0.1, 0.15) is 19.0 Å². The van der Waals surface area contributed by atoms with Crippen LogP contribution in [0.25, 0.3) is 0 Å². The summed E-state index contributed by atoms with van der Waals surface area (Å²) >= 11 is 6.22. The summed E-state index contributed by atoms with van der Waals surface area (Å²) in [6.07, 6.45) is 5.05. The van der Waals surface area contributed by atoms with Crippen molar-refractivity contribution in [2.75, 3.05) is 26.4 Å². The Kier molecular flexibility index (Phi) is 9.55. The van der Waals surface area contributed by atoms with E-state index < -0.39 is 5.92 Å². The van der Waals surface area contributed by atoms with Crippen LogP contribution in [0, 0.1) is 30.1 Å². The molecule has 0 aliphatic heterocycles. The zero-order valence-electron chi connectivity index (χ0n) is 14.8. The van der Waals surface area contributed by atoms with Gasteiger partial charge in [-0.15, -0.1) is 6.42 Å². The SMILES string of the molecule is C#CCOCC#CCOC(=O)C(c1ccc(OCC)c(Cl)c1)C(C)C. The number of carbonyl (C=O) groups excluding carboxylic acids is 1. The van der Waals surface area contributed by atoms with Crippen LogP contribution in [0.2, 0.25) is 5.02 Å². The molecule has 0 fully saturated rings. The maximum Gasteiger partial charge on any atom is 0.314 e. The Balaban J connectivity index is 2.71. The summed E-state index contributed by atoms with van der Waals surface area (Å²) in [6.45, 7) is 6.75. The van der Waals surface area contributed by atoms with Crippen molar-refractivity contribution in [2.24, 2.45) is 5.92 Å². The molecule has 0 aliphatic rings. The Labute approximate surface area is 154 Å². The van der Waals surface area contributed by atoms with E-state index in [1.54, 1.807) is 12.1 Å². The summed E-state index contributed by atoms with van der Waals surface area (Å²) in [6, 6.07) is 5.35. The molecule has 1 rings (SSSR count). The summed E-state index contributed by atoms with van der Waals surface area (Å²) in [4.78, 5) is 12.4. The summed E-state index contributed by atoms with van der Waals surface area (Å²) in [5, 5.41) is 0.475. The lowest BCUT2D eigenvalue weighted by atomic mass is 9.88. The lowest BCUT2D eigenvalue weighted by Gasteiger charge is -2.20. The molecule has 1 aromatic carbocycles. The summed E-state index contributed by atoms with van der Waals surface area (Å²) in [5.74, 6) is 7.69. The van der Waals surface area contributed by atoms with Crippen LogP contribution in [0.1, 0.15) is 32.3 Å². The van der Waals surface area contributed by atoms with Gasteiger partial charge < -0.3 is 14.2 Å². The lowest BCUT2D eigenvalue weighted by Crippen LogP contribution is -2.21. The zero-order valence-corrected chi connectivity index (χ0v) is 15.6. The molecule has 0 saturated heterocycles. The number of halogens is 1. The van der Waals surface area contributed by atoms with Gasteiger partial charge in [0.15, 0.2) is 6.61 Å². The van der Waals surface area contributed by atoms with Gasteiger partial charge in [0.05, 0.1) is 17.5 Å². The van der Waals surface area contributed by atoms with Gasteiger partial charge in [0, 0.05) is 0 Å². The molecule has 0 saturated carbocycles. The van der Waals surface area contributed by atoms with Crippen LogP contribution in [0.3, 0.4) is 0 Å². The highest BCUT2D eigenvalue weighted by molar-refractivity contribution is 6.32. The van der Waals surface area contributed by atoms with Crippen molar-refractivity contribution in [3.63, 3.8) is 0 Å². The predicted molar refractivity (Wildman–Crippen MR) is 98.6 cm³/mol. The number of hydrogen-bond donors (Lipinski definition) is 0. The molecule has 1 aromatic rings. The summed E-state index contributed by atoms with van der Waals surface area (Å²) in [5.41, 5.74) is 0.791. The van der Waals surface area contributed by atoms with Crippen molar-refractivity contribution >= 4 is 17.6 Å². The Bertz CT molecular complexity index is 664. The minimum Gasteiger partial charge on any atom is -0.492 e. The molecule has 0 spiro atoms. The monoisotopic (exact) mass is 362 g/mol. The van der Waals surface area contributed by atoms with Crippen molar-refractivity contribution in [1.29, 1.82) is 0 Å². The molecule has 0 aliphatic carbocycles. The molecule has 5 heteroatoms. The molecule has 0 bridgehead atoms. The molecule has 0 aromatic heterocycles. The number of esters is 1. The highest BCUT2D eigenvalue weighted by Gasteiger charge is 2.26. The largest absolute Gasteiger partial charge is 0.492 e. The van der Waals surface area contributed by atoms with Gasteiger partial charge >= 0.3 is 5.97 Å². The second kappa shape index (κ2) is 11.4. The molecule has 4 nitrogen and oxygen atoms in total. The second-order valence-corrected chi connectivity index (χ2v) is 5.91. The van der Waals surface area contributed by atoms with Crippen LogP contribution in [-0.4, -0.2) is 32.4 Å². The van der Waals surface area contributed by atoms with E-state index in [2.05, 4.69) is 17.8 Å². The van der Waals surface area contributed by atoms with Gasteiger partial charge in [-0.3, -0.25) is 4.79 Å². The van der Waals surface area contributed by atoms with Crippen LogP contribution < -0.4 is 4.74 Å². The minimum absolute atomic E-state index is 0.00618. The van der Waals surface area contributed by atoms with E-state index in [9.17, 15) is 4.79 Å². The Morgan fingerprint density at radius 1 is 1.24 bits per heavy atom. The fraction of sp³-hybridized carbons (Fsp3) is 0.450. The summed E-state index contributed by atoms with van der Waals surface area (Å²) < 4.78 is 15.7. The first-order chi connectivity index (χ1) is 12.0. The average Bonchev–Trinajstić information content (AvgIpc) is 2.56. The predicted octanol–water partition coefficient (Wildman–Crippen LogP) is 3.67. The van der Waals surface area contributed by atoms with Crippen molar-refractivity contribution in [3.05, 3.63) is 28.8 Å². The third kappa shape index (κ3) is 7.10. The first-order valence-corrected chi connectivity index (χ1v) is 8.44. The van der Waals surface area contributed by atoms with E-state index >= 15 is 0 Å². The van der Waals surface area contributed by atoms with Gasteiger partial charge in [-0.05, 0) is 30.5 Å². The number of terminal acetylenes is 1. The zero-order chi connectivity index (χ0) is 18.7. The van der Waals surface area contributed by atoms with Crippen molar-refractivity contribution in [1.82, 2.24) is 0 Å². The standard InChI is InChI=1S/C20H23ClO4/c1-5-11-23-12-7-8-13-25-20(22)19(15(3)4)16-9-10-18(24-6-2)17(21)14-16/h1,9-10,14-15,19H,6,11-13H2,2-4H3. The van der Waals surface area contributed by atoms with Crippen molar-refractivity contribution < 1.29 is 19.0 Å². The van der Waals surface area contributed by atoms with Crippen LogP contribution >= 0.6 is 11.6 Å². The van der Waals surface area contributed by atoms with Crippen LogP contribution in [0.5, 0.6) is 5.75 Å². The first kappa shape index (κ1) is 20.9. The molecule has 0 radical (unpaired) electrons. The fourth-order valence-electron chi connectivity index (χ4n) is 2.24. The molecule has 1 atom stereocenters. The molecule has 25 heavy (non-hydrogen) atoms. The van der Waals surface area contributed by atoms with E-state index in [0.717, 1.165) is 5.56 Å². The van der Waals surface area contributed by atoms with E-state index in [1.165, 1.54) is 0 Å². The average molecular weight is 363 g/mol. The lowest BCUT2D eigenvalue weighted by molar-refractivity contribution is -0.145. The normalized spacial score (nSPS) is 11.2. The summed E-state index contributed by atoms with van der Waals surface area (Å²) in [7, 11) is 0. The third-order valence-corrected chi connectivity index (χ3v) is 3.60. The minimum atomic E-state index is -0.423. The Hall–Kier alpha value is -2.14. The van der Waals surface area contributed by atoms with E-state index in [1.807, 2.05) is 26.8 Å². The quantitative estimate of drug-likeness (QED) is 0.402. The smallest absolute Gasteiger partial charge is 0.314 e. The Morgan fingerprint density at radius 3 is 2.56 bits per heavy atom. The fourth-order valence-corrected chi connectivity index (χ4v) is 2.48. The number of rotatable bonds is 8. The molecular formula is C20H23ClO4. The molecule has 0 heterocycles. The maximum absolute atomic E-state index is 12.4. The van der Waals surface area contributed by atoms with Crippen molar-refractivity contribution in [2.45, 2.75) is 26.7 Å².